The molecule has 0 saturated carbocycles. The summed E-state index contributed by atoms with van der Waals surface area (Å²) in [4.78, 5) is 12.4. The summed E-state index contributed by atoms with van der Waals surface area (Å²) in [7, 11) is 2.81. The Kier molecular flexibility index (Phi) is 4.78. The third-order valence-corrected chi connectivity index (χ3v) is 3.12. The average molecular weight is 325 g/mol. The van der Waals surface area contributed by atoms with Crippen molar-refractivity contribution in [1.82, 2.24) is 0 Å². The van der Waals surface area contributed by atoms with E-state index in [1.54, 1.807) is 18.2 Å². The fourth-order valence-electron chi connectivity index (χ4n) is 2.01. The maximum absolute atomic E-state index is 12.5. The third kappa shape index (κ3) is 3.74. The molecule has 23 heavy (non-hydrogen) atoms. The molecular formula is C16H14F3NO3. The Morgan fingerprint density at radius 2 is 1.48 bits per heavy atom. The van der Waals surface area contributed by atoms with Crippen molar-refractivity contribution >= 4 is 11.6 Å². The predicted molar refractivity (Wildman–Crippen MR) is 78.9 cm³/mol. The number of amides is 1. The van der Waals surface area contributed by atoms with E-state index in [-0.39, 0.29) is 11.3 Å². The molecule has 0 bridgehead atoms. The third-order valence-electron chi connectivity index (χ3n) is 3.12. The Morgan fingerprint density at radius 1 is 0.957 bits per heavy atom. The molecule has 0 atom stereocenters. The van der Waals surface area contributed by atoms with Crippen molar-refractivity contribution in [2.24, 2.45) is 0 Å². The van der Waals surface area contributed by atoms with E-state index in [0.717, 1.165) is 12.1 Å². The Balaban J connectivity index is 2.26. The monoisotopic (exact) mass is 325 g/mol. The lowest BCUT2D eigenvalue weighted by Gasteiger charge is -2.13. The first-order chi connectivity index (χ1) is 10.9. The Labute approximate surface area is 130 Å². The van der Waals surface area contributed by atoms with Crippen LogP contribution >= 0.6 is 0 Å². The fraction of sp³-hybridized carbons (Fsp3) is 0.188. The minimum Gasteiger partial charge on any atom is -0.496 e. The zero-order valence-corrected chi connectivity index (χ0v) is 12.4. The normalized spacial score (nSPS) is 11.0. The zero-order valence-electron chi connectivity index (χ0n) is 12.4. The molecule has 0 spiro atoms. The maximum Gasteiger partial charge on any atom is 0.416 e. The van der Waals surface area contributed by atoms with E-state index in [1.165, 1.54) is 26.4 Å². The minimum absolute atomic E-state index is 0.164. The van der Waals surface area contributed by atoms with Gasteiger partial charge in [-0.15, -0.1) is 0 Å². The molecule has 0 aliphatic rings. The summed E-state index contributed by atoms with van der Waals surface area (Å²) in [6.45, 7) is 0. The highest BCUT2D eigenvalue weighted by atomic mass is 19.4. The van der Waals surface area contributed by atoms with Crippen molar-refractivity contribution in [1.29, 1.82) is 0 Å². The second-order valence-corrected chi connectivity index (χ2v) is 4.57. The van der Waals surface area contributed by atoms with E-state index in [2.05, 4.69) is 5.32 Å². The second kappa shape index (κ2) is 6.60. The van der Waals surface area contributed by atoms with Crippen molar-refractivity contribution in [2.75, 3.05) is 19.5 Å². The summed E-state index contributed by atoms with van der Waals surface area (Å²) in [5.74, 6) is 0.0570. The van der Waals surface area contributed by atoms with Gasteiger partial charge in [-0.05, 0) is 36.4 Å². The number of hydrogen-bond donors (Lipinski definition) is 1. The van der Waals surface area contributed by atoms with Crippen molar-refractivity contribution < 1.29 is 27.4 Å². The molecule has 1 amide bonds. The highest BCUT2D eigenvalue weighted by Gasteiger charge is 2.30. The van der Waals surface area contributed by atoms with Gasteiger partial charge >= 0.3 is 6.18 Å². The number of ether oxygens (including phenoxy) is 2. The smallest absolute Gasteiger partial charge is 0.416 e. The lowest BCUT2D eigenvalue weighted by atomic mass is 10.1. The molecule has 1 N–H and O–H groups in total. The van der Waals surface area contributed by atoms with Gasteiger partial charge in [-0.25, -0.2) is 0 Å². The molecule has 0 unspecified atom stereocenters. The van der Waals surface area contributed by atoms with Crippen LogP contribution in [-0.2, 0) is 6.18 Å². The van der Waals surface area contributed by atoms with Gasteiger partial charge in [0.1, 0.15) is 17.1 Å². The Bertz CT molecular complexity index is 674. The molecule has 0 aliphatic carbocycles. The molecule has 0 radical (unpaired) electrons. The molecule has 2 aromatic carbocycles. The van der Waals surface area contributed by atoms with Crippen LogP contribution < -0.4 is 14.8 Å². The van der Waals surface area contributed by atoms with Gasteiger partial charge in [-0.3, -0.25) is 4.79 Å². The Morgan fingerprint density at radius 3 is 1.91 bits per heavy atom. The van der Waals surface area contributed by atoms with E-state index in [4.69, 9.17) is 9.47 Å². The van der Waals surface area contributed by atoms with Crippen molar-refractivity contribution in [3.63, 3.8) is 0 Å². The summed E-state index contributed by atoms with van der Waals surface area (Å²) in [6.07, 6.45) is -4.42. The first-order valence-corrected chi connectivity index (χ1v) is 6.56. The number of hydrogen-bond acceptors (Lipinski definition) is 3. The minimum atomic E-state index is -4.42. The molecule has 0 fully saturated rings. The topological polar surface area (TPSA) is 47.6 Å². The molecule has 0 saturated heterocycles. The standard InChI is InChI=1S/C16H14F3NO3/c1-22-12-4-3-5-13(23-2)14(12)15(21)20-11-8-6-10(7-9-11)16(17,18)19/h3-9H,1-2H3,(H,20,21). The largest absolute Gasteiger partial charge is 0.496 e. The predicted octanol–water partition coefficient (Wildman–Crippen LogP) is 3.97. The van der Waals surface area contributed by atoms with Gasteiger partial charge in [-0.2, -0.15) is 13.2 Å². The van der Waals surface area contributed by atoms with Crippen LogP contribution in [0.15, 0.2) is 42.5 Å². The van der Waals surface area contributed by atoms with Crippen LogP contribution in [0.5, 0.6) is 11.5 Å². The number of alkyl halides is 3. The van der Waals surface area contributed by atoms with Crippen LogP contribution in [0.2, 0.25) is 0 Å². The molecule has 4 nitrogen and oxygen atoms in total. The number of nitrogens with one attached hydrogen (secondary N) is 1. The maximum atomic E-state index is 12.5. The van der Waals surface area contributed by atoms with Crippen LogP contribution in [0.3, 0.4) is 0 Å². The summed E-state index contributed by atoms with van der Waals surface area (Å²) in [5.41, 5.74) is -0.390. The van der Waals surface area contributed by atoms with E-state index < -0.39 is 17.6 Å². The number of methoxy groups -OCH3 is 2. The van der Waals surface area contributed by atoms with Crippen molar-refractivity contribution in [3.8, 4) is 11.5 Å². The first kappa shape index (κ1) is 16.7. The average Bonchev–Trinajstić information content (AvgIpc) is 2.53. The van der Waals surface area contributed by atoms with Crippen LogP contribution in [0.1, 0.15) is 15.9 Å². The first-order valence-electron chi connectivity index (χ1n) is 6.56. The van der Waals surface area contributed by atoms with Gasteiger partial charge in [0.2, 0.25) is 0 Å². The molecule has 122 valence electrons. The summed E-state index contributed by atoms with van der Waals surface area (Å²) >= 11 is 0. The number of rotatable bonds is 4. The molecule has 2 aromatic rings. The molecule has 0 aliphatic heterocycles. The highest BCUT2D eigenvalue weighted by Crippen LogP contribution is 2.31. The lowest BCUT2D eigenvalue weighted by molar-refractivity contribution is -0.137. The SMILES string of the molecule is COc1cccc(OC)c1C(=O)Nc1ccc(C(F)(F)F)cc1. The molecule has 2 rings (SSSR count). The van der Waals surface area contributed by atoms with E-state index in [1.807, 2.05) is 0 Å². The summed E-state index contributed by atoms with van der Waals surface area (Å²) < 4.78 is 47.8. The van der Waals surface area contributed by atoms with E-state index in [0.29, 0.717) is 11.5 Å². The van der Waals surface area contributed by atoms with Crippen LogP contribution in [0.25, 0.3) is 0 Å². The van der Waals surface area contributed by atoms with Crippen molar-refractivity contribution in [3.05, 3.63) is 53.6 Å². The van der Waals surface area contributed by atoms with Crippen LogP contribution in [0, 0.1) is 0 Å². The summed E-state index contributed by atoms with van der Waals surface area (Å²) in [6, 6.07) is 9.00. The Hall–Kier alpha value is -2.70. The van der Waals surface area contributed by atoms with Crippen LogP contribution in [-0.4, -0.2) is 20.1 Å². The van der Waals surface area contributed by atoms with E-state index in [9.17, 15) is 18.0 Å². The van der Waals surface area contributed by atoms with Gasteiger partial charge in [0.05, 0.1) is 19.8 Å². The van der Waals surface area contributed by atoms with Crippen molar-refractivity contribution in [2.45, 2.75) is 6.18 Å². The highest BCUT2D eigenvalue weighted by molar-refractivity contribution is 6.08. The van der Waals surface area contributed by atoms with Gasteiger partial charge in [0.15, 0.2) is 0 Å². The second-order valence-electron chi connectivity index (χ2n) is 4.57. The summed E-state index contributed by atoms with van der Waals surface area (Å²) in [5, 5.41) is 2.52. The van der Waals surface area contributed by atoms with Crippen LogP contribution in [0.4, 0.5) is 18.9 Å². The molecular weight excluding hydrogens is 311 g/mol. The van der Waals surface area contributed by atoms with Gasteiger partial charge in [-0.1, -0.05) is 6.07 Å². The van der Waals surface area contributed by atoms with Gasteiger partial charge in [0.25, 0.3) is 5.91 Å². The zero-order chi connectivity index (χ0) is 17.0. The quantitative estimate of drug-likeness (QED) is 0.925. The molecule has 7 heteroatoms. The number of halogens is 3. The lowest BCUT2D eigenvalue weighted by Crippen LogP contribution is -2.15. The molecule has 0 heterocycles. The number of carbonyl (C=O) groups is 1. The fourth-order valence-corrected chi connectivity index (χ4v) is 2.01. The molecule has 0 aromatic heterocycles. The van der Waals surface area contributed by atoms with Gasteiger partial charge in [0, 0.05) is 5.69 Å². The van der Waals surface area contributed by atoms with E-state index >= 15 is 0 Å². The number of carbonyl (C=O) groups excluding carboxylic acids is 1. The number of anilines is 1. The number of benzene rings is 2. The van der Waals surface area contributed by atoms with Gasteiger partial charge < -0.3 is 14.8 Å².